The van der Waals surface area contributed by atoms with Crippen molar-refractivity contribution in [2.75, 3.05) is 32.1 Å². The molecule has 1 heterocycles. The molecule has 0 atom stereocenters. The first-order valence-corrected chi connectivity index (χ1v) is 7.89. The van der Waals surface area contributed by atoms with Gasteiger partial charge < -0.3 is 15.0 Å². The number of esters is 1. The topological polar surface area (TPSA) is 113 Å². The number of likely N-dealkylation sites (N-methyl/N-ethyl adjacent to an activating group) is 1. The minimum absolute atomic E-state index is 0.171. The second kappa shape index (κ2) is 8.24. The number of hydrogen-bond donors (Lipinski definition) is 1. The summed E-state index contributed by atoms with van der Waals surface area (Å²) in [6.07, 6.45) is 0.349. The van der Waals surface area contributed by atoms with Crippen LogP contribution >= 0.6 is 0 Å². The highest BCUT2D eigenvalue weighted by Crippen LogP contribution is 2.22. The lowest BCUT2D eigenvalue weighted by Gasteiger charge is -2.14. The summed E-state index contributed by atoms with van der Waals surface area (Å²) >= 11 is 0. The Kier molecular flexibility index (Phi) is 6.05. The molecule has 0 spiro atoms. The van der Waals surface area contributed by atoms with Crippen molar-refractivity contribution in [2.45, 2.75) is 12.8 Å². The van der Waals surface area contributed by atoms with Gasteiger partial charge in [0.25, 0.3) is 5.91 Å². The second-order valence-corrected chi connectivity index (χ2v) is 5.81. The molecule has 0 bridgehead atoms. The molecule has 0 saturated carbocycles. The summed E-state index contributed by atoms with van der Waals surface area (Å²) in [6.45, 7) is -0.708. The molecule has 1 aromatic rings. The molecule has 9 heteroatoms. The van der Waals surface area contributed by atoms with Gasteiger partial charge >= 0.3 is 5.97 Å². The Morgan fingerprint density at radius 2 is 1.65 bits per heavy atom. The van der Waals surface area contributed by atoms with Crippen LogP contribution in [0.1, 0.15) is 23.2 Å². The molecule has 0 aromatic heterocycles. The third-order valence-corrected chi connectivity index (χ3v) is 3.68. The number of imide groups is 1. The quantitative estimate of drug-likeness (QED) is 0.550. The Bertz CT molecular complexity index is 725. The number of carbonyl (C=O) groups excluding carboxylic acids is 5. The van der Waals surface area contributed by atoms with Gasteiger partial charge in [-0.05, 0) is 24.3 Å². The fraction of sp³-hybridized carbons (Fsp3) is 0.353. The summed E-state index contributed by atoms with van der Waals surface area (Å²) in [4.78, 5) is 60.6. The number of ether oxygens (including phenoxy) is 1. The van der Waals surface area contributed by atoms with Crippen LogP contribution in [0.15, 0.2) is 24.3 Å². The van der Waals surface area contributed by atoms with Crippen molar-refractivity contribution in [3.05, 3.63) is 29.8 Å². The molecule has 1 saturated heterocycles. The standard InChI is InChI=1S/C17H19N3O6/c1-19(2)16(24)9-18-13(21)10-26-17(25)11-3-5-12(6-4-11)20-14(22)7-8-15(20)23/h3-6H,7-10H2,1-2H3,(H,18,21). The van der Waals surface area contributed by atoms with Gasteiger partial charge in [-0.3, -0.25) is 24.1 Å². The summed E-state index contributed by atoms with van der Waals surface area (Å²) in [5.74, 6) is -2.18. The van der Waals surface area contributed by atoms with Crippen molar-refractivity contribution in [2.24, 2.45) is 0 Å². The zero-order valence-corrected chi connectivity index (χ0v) is 14.5. The largest absolute Gasteiger partial charge is 0.452 e. The van der Waals surface area contributed by atoms with E-state index in [1.807, 2.05) is 0 Å². The molecular formula is C17H19N3O6. The van der Waals surface area contributed by atoms with E-state index in [-0.39, 0.29) is 42.7 Å². The van der Waals surface area contributed by atoms with Crippen molar-refractivity contribution in [3.8, 4) is 0 Å². The van der Waals surface area contributed by atoms with Gasteiger partial charge in [-0.2, -0.15) is 0 Å². The van der Waals surface area contributed by atoms with E-state index in [1.54, 1.807) is 14.1 Å². The number of rotatable bonds is 6. The van der Waals surface area contributed by atoms with E-state index in [9.17, 15) is 24.0 Å². The monoisotopic (exact) mass is 361 g/mol. The van der Waals surface area contributed by atoms with Crippen molar-refractivity contribution in [1.82, 2.24) is 10.2 Å². The van der Waals surface area contributed by atoms with E-state index in [1.165, 1.54) is 29.2 Å². The highest BCUT2D eigenvalue weighted by Gasteiger charge is 2.30. The predicted molar refractivity (Wildman–Crippen MR) is 90.2 cm³/mol. The summed E-state index contributed by atoms with van der Waals surface area (Å²) in [5.41, 5.74) is 0.555. The molecule has 1 aliphatic rings. The van der Waals surface area contributed by atoms with E-state index in [2.05, 4.69) is 5.32 Å². The van der Waals surface area contributed by atoms with Gasteiger partial charge in [-0.15, -0.1) is 0 Å². The van der Waals surface area contributed by atoms with Crippen LogP contribution < -0.4 is 10.2 Å². The van der Waals surface area contributed by atoms with Crippen LogP contribution in [0, 0.1) is 0 Å². The lowest BCUT2D eigenvalue weighted by atomic mass is 10.2. The van der Waals surface area contributed by atoms with Crippen molar-refractivity contribution in [3.63, 3.8) is 0 Å². The van der Waals surface area contributed by atoms with Gasteiger partial charge in [-0.1, -0.05) is 0 Å². The molecule has 2 rings (SSSR count). The minimum Gasteiger partial charge on any atom is -0.452 e. The Morgan fingerprint density at radius 1 is 1.08 bits per heavy atom. The van der Waals surface area contributed by atoms with E-state index in [0.717, 1.165) is 4.90 Å². The molecule has 0 aliphatic carbocycles. The number of hydrogen-bond acceptors (Lipinski definition) is 6. The maximum Gasteiger partial charge on any atom is 0.338 e. The lowest BCUT2D eigenvalue weighted by Crippen LogP contribution is -2.38. The fourth-order valence-electron chi connectivity index (χ4n) is 2.21. The van der Waals surface area contributed by atoms with Crippen LogP contribution in [0.3, 0.4) is 0 Å². The Labute approximate surface area is 149 Å². The van der Waals surface area contributed by atoms with Crippen LogP contribution in [0.2, 0.25) is 0 Å². The first-order chi connectivity index (χ1) is 12.3. The zero-order valence-electron chi connectivity index (χ0n) is 14.5. The molecule has 0 radical (unpaired) electrons. The van der Waals surface area contributed by atoms with Crippen LogP contribution in [0.25, 0.3) is 0 Å². The van der Waals surface area contributed by atoms with Gasteiger partial charge in [0, 0.05) is 26.9 Å². The first kappa shape index (κ1) is 19.1. The highest BCUT2D eigenvalue weighted by atomic mass is 16.5. The molecular weight excluding hydrogens is 342 g/mol. The van der Waals surface area contributed by atoms with Gasteiger partial charge in [0.1, 0.15) is 0 Å². The Balaban J connectivity index is 1.86. The number of benzene rings is 1. The lowest BCUT2D eigenvalue weighted by molar-refractivity contribution is -0.131. The highest BCUT2D eigenvalue weighted by molar-refractivity contribution is 6.19. The van der Waals surface area contributed by atoms with Crippen LogP contribution in [0.4, 0.5) is 5.69 Å². The smallest absolute Gasteiger partial charge is 0.338 e. The third kappa shape index (κ3) is 4.65. The molecule has 9 nitrogen and oxygen atoms in total. The van der Waals surface area contributed by atoms with Gasteiger partial charge in [-0.25, -0.2) is 4.79 Å². The van der Waals surface area contributed by atoms with Crippen LogP contribution in [-0.2, 0) is 23.9 Å². The Morgan fingerprint density at radius 3 is 2.19 bits per heavy atom. The number of nitrogens with zero attached hydrogens (tertiary/aromatic N) is 2. The molecule has 1 fully saturated rings. The van der Waals surface area contributed by atoms with Gasteiger partial charge in [0.2, 0.25) is 17.7 Å². The molecule has 26 heavy (non-hydrogen) atoms. The zero-order chi connectivity index (χ0) is 19.3. The minimum atomic E-state index is -0.732. The fourth-order valence-corrected chi connectivity index (χ4v) is 2.21. The van der Waals surface area contributed by atoms with Gasteiger partial charge in [0.05, 0.1) is 17.8 Å². The number of carbonyl (C=O) groups is 5. The number of nitrogens with one attached hydrogen (secondary N) is 1. The molecule has 1 aromatic carbocycles. The Hall–Kier alpha value is -3.23. The van der Waals surface area contributed by atoms with E-state index in [4.69, 9.17) is 4.74 Å². The van der Waals surface area contributed by atoms with Crippen molar-refractivity contribution >= 4 is 35.3 Å². The average Bonchev–Trinajstić information content (AvgIpc) is 2.96. The summed E-state index contributed by atoms with van der Waals surface area (Å²) in [7, 11) is 3.11. The van der Waals surface area contributed by atoms with E-state index >= 15 is 0 Å². The summed E-state index contributed by atoms with van der Waals surface area (Å²) < 4.78 is 4.87. The van der Waals surface area contributed by atoms with E-state index < -0.39 is 18.5 Å². The number of anilines is 1. The predicted octanol–water partition coefficient (Wildman–Crippen LogP) is -0.299. The van der Waals surface area contributed by atoms with Crippen molar-refractivity contribution in [1.29, 1.82) is 0 Å². The summed E-state index contributed by atoms with van der Waals surface area (Å²) in [6, 6.07) is 5.75. The molecule has 1 N–H and O–H groups in total. The van der Waals surface area contributed by atoms with E-state index in [0.29, 0.717) is 5.69 Å². The molecule has 0 unspecified atom stereocenters. The maximum atomic E-state index is 11.9. The molecule has 1 aliphatic heterocycles. The second-order valence-electron chi connectivity index (χ2n) is 5.81. The summed E-state index contributed by atoms with van der Waals surface area (Å²) in [5, 5.41) is 2.34. The normalized spacial score (nSPS) is 13.5. The SMILES string of the molecule is CN(C)C(=O)CNC(=O)COC(=O)c1ccc(N2C(=O)CCC2=O)cc1. The van der Waals surface area contributed by atoms with Crippen LogP contribution in [-0.4, -0.2) is 61.7 Å². The maximum absolute atomic E-state index is 11.9. The third-order valence-electron chi connectivity index (χ3n) is 3.68. The first-order valence-electron chi connectivity index (χ1n) is 7.89. The molecule has 138 valence electrons. The molecule has 4 amide bonds. The van der Waals surface area contributed by atoms with Gasteiger partial charge in [0.15, 0.2) is 6.61 Å². The van der Waals surface area contributed by atoms with Crippen LogP contribution in [0.5, 0.6) is 0 Å². The number of amides is 4. The van der Waals surface area contributed by atoms with Crippen molar-refractivity contribution < 1.29 is 28.7 Å². The average molecular weight is 361 g/mol.